The Balaban J connectivity index is 1.51. The van der Waals surface area contributed by atoms with E-state index < -0.39 is 0 Å². The largest absolute Gasteiger partial charge is 0.334 e. The zero-order chi connectivity index (χ0) is 19.0. The fourth-order valence-corrected chi connectivity index (χ4v) is 3.68. The highest BCUT2D eigenvalue weighted by Gasteiger charge is 2.31. The summed E-state index contributed by atoms with van der Waals surface area (Å²) in [7, 11) is 0. The number of fused-ring (bicyclic) bond motifs is 1. The van der Waals surface area contributed by atoms with Gasteiger partial charge in [-0.15, -0.1) is 0 Å². The van der Waals surface area contributed by atoms with Gasteiger partial charge in [-0.3, -0.25) is 19.4 Å². The number of nitrogens with zero attached hydrogens (tertiary/aromatic N) is 6. The number of nitrogens with one attached hydrogen (secondary N) is 1. The van der Waals surface area contributed by atoms with Crippen LogP contribution in [0.4, 0.5) is 0 Å². The summed E-state index contributed by atoms with van der Waals surface area (Å²) < 4.78 is 3.21. The van der Waals surface area contributed by atoms with Crippen LogP contribution in [0.15, 0.2) is 23.5 Å². The van der Waals surface area contributed by atoms with Crippen LogP contribution < -0.4 is 5.56 Å². The number of likely N-dealkylation sites (tertiary alicyclic amines) is 1. The van der Waals surface area contributed by atoms with E-state index in [-0.39, 0.29) is 17.5 Å². The summed E-state index contributed by atoms with van der Waals surface area (Å²) in [6, 6.07) is 1.85. The predicted molar refractivity (Wildman–Crippen MR) is 98.2 cm³/mol. The maximum atomic E-state index is 12.7. The summed E-state index contributed by atoms with van der Waals surface area (Å²) in [5, 5.41) is 7.22. The van der Waals surface area contributed by atoms with E-state index in [0.717, 1.165) is 37.2 Å². The molecule has 3 aromatic rings. The van der Waals surface area contributed by atoms with Gasteiger partial charge in [-0.1, -0.05) is 0 Å². The van der Waals surface area contributed by atoms with E-state index in [1.807, 2.05) is 17.9 Å². The standard InChI is InChI=1S/C18H23N7O2/c1-12-13(2)21-16-9-14(22-25(16)18(12)27)15-5-3-8-24(15)17(26)6-4-7-23-11-19-10-20-23/h9-11,15,22H,3-8H2,1-2H3. The number of amides is 1. The van der Waals surface area contributed by atoms with Crippen LogP contribution in [-0.4, -0.2) is 46.7 Å². The molecule has 3 aromatic heterocycles. The van der Waals surface area contributed by atoms with Crippen LogP contribution in [0.5, 0.6) is 0 Å². The van der Waals surface area contributed by atoms with E-state index in [0.29, 0.717) is 24.2 Å². The number of aromatic nitrogens is 6. The third kappa shape index (κ3) is 3.24. The smallest absolute Gasteiger partial charge is 0.275 e. The van der Waals surface area contributed by atoms with Crippen LogP contribution in [0.25, 0.3) is 5.65 Å². The fraction of sp³-hybridized carbons (Fsp3) is 0.500. The number of carbonyl (C=O) groups excluding carboxylic acids is 1. The zero-order valence-corrected chi connectivity index (χ0v) is 15.6. The summed E-state index contributed by atoms with van der Waals surface area (Å²) in [5.74, 6) is 0.129. The predicted octanol–water partition coefficient (Wildman–Crippen LogP) is 1.37. The van der Waals surface area contributed by atoms with Crippen molar-refractivity contribution >= 4 is 11.6 Å². The third-order valence-electron chi connectivity index (χ3n) is 5.28. The van der Waals surface area contributed by atoms with E-state index in [4.69, 9.17) is 0 Å². The molecule has 1 unspecified atom stereocenters. The molecule has 4 rings (SSSR count). The third-order valence-corrected chi connectivity index (χ3v) is 5.28. The lowest BCUT2D eigenvalue weighted by molar-refractivity contribution is -0.132. The molecule has 0 bridgehead atoms. The SMILES string of the molecule is Cc1nc2cc(C3CCCN3C(=O)CCCn3cncn3)[nH]n2c(=O)c1C. The highest BCUT2D eigenvalue weighted by Crippen LogP contribution is 2.32. The second-order valence-corrected chi connectivity index (χ2v) is 7.04. The van der Waals surface area contributed by atoms with Crippen LogP contribution >= 0.6 is 0 Å². The lowest BCUT2D eigenvalue weighted by atomic mass is 10.1. The molecule has 0 radical (unpaired) electrons. The molecule has 1 aliphatic heterocycles. The molecule has 1 aliphatic rings. The molecule has 4 heterocycles. The fourth-order valence-electron chi connectivity index (χ4n) is 3.68. The first-order valence-electron chi connectivity index (χ1n) is 9.25. The van der Waals surface area contributed by atoms with E-state index in [9.17, 15) is 9.59 Å². The number of rotatable bonds is 5. The van der Waals surface area contributed by atoms with Gasteiger partial charge in [0.25, 0.3) is 5.56 Å². The molecule has 0 aliphatic carbocycles. The Morgan fingerprint density at radius 2 is 2.22 bits per heavy atom. The second kappa shape index (κ2) is 6.98. The average molecular weight is 369 g/mol. The van der Waals surface area contributed by atoms with Crippen molar-refractivity contribution < 1.29 is 4.79 Å². The van der Waals surface area contributed by atoms with Crippen molar-refractivity contribution in [3.05, 3.63) is 46.0 Å². The van der Waals surface area contributed by atoms with Crippen LogP contribution in [-0.2, 0) is 11.3 Å². The topological polar surface area (TPSA) is 101 Å². The van der Waals surface area contributed by atoms with Gasteiger partial charge >= 0.3 is 0 Å². The Morgan fingerprint density at radius 1 is 1.37 bits per heavy atom. The maximum absolute atomic E-state index is 12.7. The molecule has 1 saturated heterocycles. The average Bonchev–Trinajstić information content (AvgIpc) is 3.39. The van der Waals surface area contributed by atoms with Gasteiger partial charge < -0.3 is 4.90 Å². The molecule has 27 heavy (non-hydrogen) atoms. The zero-order valence-electron chi connectivity index (χ0n) is 15.6. The second-order valence-electron chi connectivity index (χ2n) is 7.04. The van der Waals surface area contributed by atoms with Gasteiger partial charge in [-0.05, 0) is 33.1 Å². The van der Waals surface area contributed by atoms with Gasteiger partial charge in [0.05, 0.1) is 11.7 Å². The van der Waals surface area contributed by atoms with E-state index >= 15 is 0 Å². The van der Waals surface area contributed by atoms with Gasteiger partial charge in [0, 0.05) is 36.8 Å². The maximum Gasteiger partial charge on any atom is 0.275 e. The van der Waals surface area contributed by atoms with Crippen molar-refractivity contribution in [2.45, 2.75) is 52.1 Å². The van der Waals surface area contributed by atoms with Gasteiger partial charge in [0.15, 0.2) is 5.65 Å². The minimum Gasteiger partial charge on any atom is -0.334 e. The molecule has 9 nitrogen and oxygen atoms in total. The minimum atomic E-state index is -0.0903. The first-order chi connectivity index (χ1) is 13.0. The summed E-state index contributed by atoms with van der Waals surface area (Å²) >= 11 is 0. The quantitative estimate of drug-likeness (QED) is 0.732. The summed E-state index contributed by atoms with van der Waals surface area (Å²) in [6.45, 7) is 5.03. The summed E-state index contributed by atoms with van der Waals surface area (Å²) in [6.07, 6.45) is 6.17. The highest BCUT2D eigenvalue weighted by atomic mass is 16.2. The van der Waals surface area contributed by atoms with Crippen LogP contribution in [0.2, 0.25) is 0 Å². The molecule has 9 heteroatoms. The number of carbonyl (C=O) groups is 1. The Kier molecular flexibility index (Phi) is 4.51. The molecule has 0 aromatic carbocycles. The van der Waals surface area contributed by atoms with E-state index in [1.54, 1.807) is 17.9 Å². The number of aromatic amines is 1. The van der Waals surface area contributed by atoms with Crippen molar-refractivity contribution in [2.24, 2.45) is 0 Å². The van der Waals surface area contributed by atoms with Crippen LogP contribution in [0, 0.1) is 13.8 Å². The van der Waals surface area contributed by atoms with Gasteiger partial charge in [0.2, 0.25) is 5.91 Å². The summed E-state index contributed by atoms with van der Waals surface area (Å²) in [5.41, 5.74) is 2.74. The van der Waals surface area contributed by atoms with Crippen molar-refractivity contribution in [1.29, 1.82) is 0 Å². The Hall–Kier alpha value is -2.97. The number of hydrogen-bond donors (Lipinski definition) is 1. The van der Waals surface area contributed by atoms with Gasteiger partial charge in [0.1, 0.15) is 12.7 Å². The first-order valence-corrected chi connectivity index (χ1v) is 9.25. The number of hydrogen-bond acceptors (Lipinski definition) is 5. The summed E-state index contributed by atoms with van der Waals surface area (Å²) in [4.78, 5) is 35.5. The molecule has 0 spiro atoms. The molecule has 0 saturated carbocycles. The highest BCUT2D eigenvalue weighted by molar-refractivity contribution is 5.77. The molecule has 142 valence electrons. The van der Waals surface area contributed by atoms with Crippen molar-refractivity contribution in [3.8, 4) is 0 Å². The van der Waals surface area contributed by atoms with Crippen LogP contribution in [0.1, 0.15) is 48.7 Å². The first kappa shape index (κ1) is 17.4. The molecular weight excluding hydrogens is 346 g/mol. The molecule has 1 fully saturated rings. The van der Waals surface area contributed by atoms with Crippen molar-refractivity contribution in [2.75, 3.05) is 6.54 Å². The normalized spacial score (nSPS) is 17.1. The molecular formula is C18H23N7O2. The van der Waals surface area contributed by atoms with Crippen molar-refractivity contribution in [1.82, 2.24) is 34.3 Å². The Morgan fingerprint density at radius 3 is 3.00 bits per heavy atom. The molecule has 1 N–H and O–H groups in total. The lowest BCUT2D eigenvalue weighted by Crippen LogP contribution is -2.31. The van der Waals surface area contributed by atoms with Gasteiger partial charge in [-0.25, -0.2) is 14.5 Å². The van der Waals surface area contributed by atoms with Crippen LogP contribution in [0.3, 0.4) is 0 Å². The lowest BCUT2D eigenvalue weighted by Gasteiger charge is -2.23. The molecule has 1 atom stereocenters. The number of aryl methyl sites for hydroxylation is 2. The minimum absolute atomic E-state index is 0.0365. The molecule has 1 amide bonds. The monoisotopic (exact) mass is 369 g/mol. The van der Waals surface area contributed by atoms with E-state index in [2.05, 4.69) is 20.2 Å². The Labute approximate surface area is 156 Å². The number of H-pyrrole nitrogens is 1. The van der Waals surface area contributed by atoms with Crippen molar-refractivity contribution in [3.63, 3.8) is 0 Å². The van der Waals surface area contributed by atoms with E-state index in [1.165, 1.54) is 10.8 Å². The Bertz CT molecular complexity index is 1020. The van der Waals surface area contributed by atoms with Gasteiger partial charge in [-0.2, -0.15) is 5.10 Å².